The average Bonchev–Trinajstić information content (AvgIpc) is 3.14. The van der Waals surface area contributed by atoms with E-state index in [-0.39, 0.29) is 19.6 Å². The van der Waals surface area contributed by atoms with Gasteiger partial charge in [-0.05, 0) is 5.56 Å². The number of hydrogen-bond donors (Lipinski definition) is 2. The molecule has 0 radical (unpaired) electrons. The third-order valence-corrected chi connectivity index (χ3v) is 4.48. The topological polar surface area (TPSA) is 78.9 Å². The molecule has 0 aliphatic carbocycles. The summed E-state index contributed by atoms with van der Waals surface area (Å²) in [6.07, 6.45) is -2.46. The first-order valence-corrected chi connectivity index (χ1v) is 8.68. The number of β-amino-alcohol motifs (C(OH)–C–C–N with tert-alkyl or cyclic N) is 1. The number of benzene rings is 2. The molecular weight excluding hydrogens is 415 g/mol. The first-order valence-electron chi connectivity index (χ1n) is 8.68. The van der Waals surface area contributed by atoms with E-state index in [4.69, 9.17) is 4.74 Å². The Morgan fingerprint density at radius 1 is 1.00 bits per heavy atom. The van der Waals surface area contributed by atoms with Crippen molar-refractivity contribution in [1.29, 1.82) is 0 Å². The number of carbonyl (C=O) groups excluding carboxylic acids is 2. The number of rotatable bonds is 4. The number of anilines is 1. The van der Waals surface area contributed by atoms with Gasteiger partial charge in [-0.25, -0.2) is 26.7 Å². The van der Waals surface area contributed by atoms with Crippen LogP contribution in [0.2, 0.25) is 0 Å². The van der Waals surface area contributed by atoms with Crippen molar-refractivity contribution in [1.82, 2.24) is 4.90 Å². The molecule has 0 unspecified atom stereocenters. The maximum absolute atomic E-state index is 13.8. The van der Waals surface area contributed by atoms with Crippen LogP contribution in [0.15, 0.2) is 30.3 Å². The molecule has 11 heteroatoms. The average molecular weight is 430 g/mol. The number of amides is 2. The predicted molar refractivity (Wildman–Crippen MR) is 92.6 cm³/mol. The number of carbonyl (C=O) groups is 2. The molecule has 3 rings (SSSR count). The molecule has 1 saturated heterocycles. The maximum atomic E-state index is 13.8. The van der Waals surface area contributed by atoms with Crippen LogP contribution in [-0.4, -0.2) is 40.7 Å². The summed E-state index contributed by atoms with van der Waals surface area (Å²) >= 11 is 0. The summed E-state index contributed by atoms with van der Waals surface area (Å²) in [4.78, 5) is 25.5. The van der Waals surface area contributed by atoms with Gasteiger partial charge in [0.15, 0.2) is 23.3 Å². The molecule has 2 aromatic carbocycles. The zero-order chi connectivity index (χ0) is 22.0. The third-order valence-electron chi connectivity index (χ3n) is 4.48. The Bertz CT molecular complexity index is 944. The van der Waals surface area contributed by atoms with Crippen molar-refractivity contribution < 1.29 is 41.4 Å². The van der Waals surface area contributed by atoms with Gasteiger partial charge >= 0.3 is 6.09 Å². The molecule has 1 aliphatic heterocycles. The number of halogens is 5. The number of likely N-dealkylation sites (tertiary alicyclic amines) is 1. The minimum Gasteiger partial charge on any atom is -0.445 e. The van der Waals surface area contributed by atoms with Gasteiger partial charge in [-0.15, -0.1) is 0 Å². The molecule has 2 atom stereocenters. The second-order valence-corrected chi connectivity index (χ2v) is 6.53. The van der Waals surface area contributed by atoms with Crippen LogP contribution in [0, 0.1) is 29.1 Å². The monoisotopic (exact) mass is 430 g/mol. The van der Waals surface area contributed by atoms with E-state index in [2.05, 4.69) is 0 Å². The number of aliphatic hydroxyl groups is 1. The lowest BCUT2D eigenvalue weighted by Gasteiger charge is -2.23. The molecule has 2 amide bonds. The van der Waals surface area contributed by atoms with E-state index in [1.54, 1.807) is 35.6 Å². The van der Waals surface area contributed by atoms with Gasteiger partial charge < -0.3 is 15.2 Å². The fraction of sp³-hybridized carbons (Fsp3) is 0.263. The van der Waals surface area contributed by atoms with Crippen molar-refractivity contribution >= 4 is 17.7 Å². The lowest BCUT2D eigenvalue weighted by Crippen LogP contribution is -2.43. The summed E-state index contributed by atoms with van der Waals surface area (Å²) in [5, 5.41) is 11.4. The molecule has 0 bridgehead atoms. The van der Waals surface area contributed by atoms with Gasteiger partial charge in [0.25, 0.3) is 0 Å². The highest BCUT2D eigenvalue weighted by Gasteiger charge is 2.41. The summed E-state index contributed by atoms with van der Waals surface area (Å²) < 4.78 is 72.5. The van der Waals surface area contributed by atoms with E-state index >= 15 is 0 Å². The Labute approximate surface area is 166 Å². The van der Waals surface area contributed by atoms with Gasteiger partial charge in [0.1, 0.15) is 18.3 Å². The highest BCUT2D eigenvalue weighted by Crippen LogP contribution is 2.28. The molecule has 30 heavy (non-hydrogen) atoms. The van der Waals surface area contributed by atoms with Gasteiger partial charge in [0, 0.05) is 6.42 Å². The molecule has 0 saturated carbocycles. The summed E-state index contributed by atoms with van der Waals surface area (Å²) in [5.74, 6) is -12.5. The Morgan fingerprint density at radius 3 is 2.17 bits per heavy atom. The largest absolute Gasteiger partial charge is 0.445 e. The molecule has 160 valence electrons. The van der Waals surface area contributed by atoms with Crippen LogP contribution in [0.25, 0.3) is 0 Å². The summed E-state index contributed by atoms with van der Waals surface area (Å²) in [7, 11) is 0. The zero-order valence-electron chi connectivity index (χ0n) is 15.2. The Hall–Kier alpha value is -3.21. The molecular formula is C19H15F5N2O4. The van der Waals surface area contributed by atoms with E-state index in [1.807, 2.05) is 0 Å². The SMILES string of the molecule is O=C(Nc1c(F)c(F)c(F)c(F)c1F)[C@@H]1C[C@@H](O)CN1C(=O)OCc1ccccc1. The first-order chi connectivity index (χ1) is 14.2. The van der Waals surface area contributed by atoms with E-state index < -0.39 is 58.9 Å². The predicted octanol–water partition coefficient (Wildman–Crippen LogP) is 3.09. The fourth-order valence-electron chi connectivity index (χ4n) is 2.99. The van der Waals surface area contributed by atoms with E-state index in [0.29, 0.717) is 5.56 Å². The minimum atomic E-state index is -2.37. The van der Waals surface area contributed by atoms with Gasteiger partial charge in [0.2, 0.25) is 11.7 Å². The third kappa shape index (κ3) is 4.20. The van der Waals surface area contributed by atoms with Crippen LogP contribution in [0.4, 0.5) is 32.4 Å². The van der Waals surface area contributed by atoms with Crippen molar-refractivity contribution in [3.05, 3.63) is 65.0 Å². The fourth-order valence-corrected chi connectivity index (χ4v) is 2.99. The van der Waals surface area contributed by atoms with Gasteiger partial charge in [-0.1, -0.05) is 30.3 Å². The normalized spacial score (nSPS) is 18.4. The Balaban J connectivity index is 1.75. The van der Waals surface area contributed by atoms with E-state index in [0.717, 1.165) is 4.90 Å². The van der Waals surface area contributed by atoms with Crippen LogP contribution < -0.4 is 5.32 Å². The van der Waals surface area contributed by atoms with Gasteiger partial charge in [-0.2, -0.15) is 0 Å². The highest BCUT2D eigenvalue weighted by atomic mass is 19.2. The van der Waals surface area contributed by atoms with Gasteiger partial charge in [0.05, 0.1) is 12.6 Å². The second kappa shape index (κ2) is 8.66. The highest BCUT2D eigenvalue weighted by molar-refractivity contribution is 5.97. The van der Waals surface area contributed by atoms with E-state index in [1.165, 1.54) is 0 Å². The lowest BCUT2D eigenvalue weighted by atomic mass is 10.1. The first kappa shape index (κ1) is 21.5. The summed E-state index contributed by atoms with van der Waals surface area (Å²) in [6.45, 7) is -0.457. The summed E-state index contributed by atoms with van der Waals surface area (Å²) in [6, 6.07) is 7.09. The van der Waals surface area contributed by atoms with Crippen molar-refractivity contribution in [3.63, 3.8) is 0 Å². The molecule has 0 aromatic heterocycles. The van der Waals surface area contributed by atoms with Gasteiger partial charge in [-0.3, -0.25) is 9.69 Å². The Morgan fingerprint density at radius 2 is 1.57 bits per heavy atom. The smallest absolute Gasteiger partial charge is 0.410 e. The molecule has 1 aliphatic rings. The van der Waals surface area contributed by atoms with Crippen molar-refractivity contribution in [3.8, 4) is 0 Å². The lowest BCUT2D eigenvalue weighted by molar-refractivity contribution is -0.120. The number of aliphatic hydroxyl groups excluding tert-OH is 1. The van der Waals surface area contributed by atoms with Crippen molar-refractivity contribution in [2.45, 2.75) is 25.2 Å². The van der Waals surface area contributed by atoms with Crippen LogP contribution in [-0.2, 0) is 16.1 Å². The standard InChI is InChI=1S/C19H15F5N2O4/c20-12-13(21)15(23)17(16(24)14(12)22)25-18(28)11-6-10(27)7-26(11)19(29)30-8-9-4-2-1-3-5-9/h1-5,10-11,27H,6-8H2,(H,25,28)/t10-,11+/m1/s1. The van der Waals surface area contributed by atoms with Crippen LogP contribution in [0.1, 0.15) is 12.0 Å². The summed E-state index contributed by atoms with van der Waals surface area (Å²) in [5.41, 5.74) is -0.900. The van der Waals surface area contributed by atoms with Crippen LogP contribution in [0.3, 0.4) is 0 Å². The molecule has 6 nitrogen and oxygen atoms in total. The van der Waals surface area contributed by atoms with Crippen molar-refractivity contribution in [2.75, 3.05) is 11.9 Å². The second-order valence-electron chi connectivity index (χ2n) is 6.53. The maximum Gasteiger partial charge on any atom is 0.410 e. The molecule has 2 aromatic rings. The quantitative estimate of drug-likeness (QED) is 0.444. The number of ether oxygens (including phenoxy) is 1. The molecule has 1 fully saturated rings. The molecule has 2 N–H and O–H groups in total. The minimum absolute atomic E-state index is 0.141. The zero-order valence-corrected chi connectivity index (χ0v) is 15.2. The van der Waals surface area contributed by atoms with Crippen LogP contribution >= 0.6 is 0 Å². The molecule has 1 heterocycles. The number of hydrogen-bond acceptors (Lipinski definition) is 4. The number of nitrogens with zero attached hydrogens (tertiary/aromatic N) is 1. The molecule has 0 spiro atoms. The number of nitrogens with one attached hydrogen (secondary N) is 1. The van der Waals surface area contributed by atoms with E-state index in [9.17, 15) is 36.6 Å². The van der Waals surface area contributed by atoms with Crippen molar-refractivity contribution in [2.24, 2.45) is 0 Å². The van der Waals surface area contributed by atoms with Crippen LogP contribution in [0.5, 0.6) is 0 Å². The Kier molecular flexibility index (Phi) is 6.20.